The molecule has 2 atom stereocenters. The van der Waals surface area contributed by atoms with Gasteiger partial charge in [0.2, 0.25) is 0 Å². The highest BCUT2D eigenvalue weighted by Gasteiger charge is 2.37. The van der Waals surface area contributed by atoms with E-state index in [0.29, 0.717) is 17.9 Å². The van der Waals surface area contributed by atoms with Crippen molar-refractivity contribution in [2.45, 2.75) is 64.6 Å². The molecule has 0 spiro atoms. The maximum Gasteiger partial charge on any atom is 0.264 e. The number of carbonyl (C=O) groups excluding carboxylic acids is 1. The number of ether oxygens (including phenoxy) is 1. The zero-order chi connectivity index (χ0) is 23.4. The number of amides is 1. The molecule has 0 N–H and O–H groups in total. The second-order valence-corrected chi connectivity index (χ2v) is 11.3. The van der Waals surface area contributed by atoms with E-state index in [4.69, 9.17) is 9.15 Å². The molecule has 1 amide bonds. The molecule has 0 aliphatic carbocycles. The molecule has 8 heteroatoms. The molecule has 0 bridgehead atoms. The number of benzene rings is 1. The number of rotatable bonds is 8. The van der Waals surface area contributed by atoms with Crippen LogP contribution in [0.1, 0.15) is 50.9 Å². The van der Waals surface area contributed by atoms with Crippen LogP contribution in [0.25, 0.3) is 0 Å². The van der Waals surface area contributed by atoms with Gasteiger partial charge in [-0.2, -0.15) is 0 Å². The summed E-state index contributed by atoms with van der Waals surface area (Å²) in [7, 11) is -3.14. The highest BCUT2D eigenvalue weighted by atomic mass is 32.2. The number of carbonyl (C=O) groups is 1. The van der Waals surface area contributed by atoms with Gasteiger partial charge >= 0.3 is 0 Å². The van der Waals surface area contributed by atoms with E-state index in [1.807, 2.05) is 36.4 Å². The van der Waals surface area contributed by atoms with Gasteiger partial charge < -0.3 is 19.0 Å². The molecule has 7 nitrogen and oxygen atoms in total. The number of aryl methyl sites for hydroxylation is 1. The molecule has 180 valence electrons. The van der Waals surface area contributed by atoms with Gasteiger partial charge in [-0.15, -0.1) is 0 Å². The van der Waals surface area contributed by atoms with Crippen LogP contribution in [0.3, 0.4) is 0 Å². The third-order valence-corrected chi connectivity index (χ3v) is 8.32. The summed E-state index contributed by atoms with van der Waals surface area (Å²) >= 11 is 0. The second kappa shape index (κ2) is 10.2. The van der Waals surface area contributed by atoms with Crippen LogP contribution in [0, 0.1) is 0 Å². The highest BCUT2D eigenvalue weighted by molar-refractivity contribution is 7.91. The van der Waals surface area contributed by atoms with Gasteiger partial charge in [0.25, 0.3) is 5.91 Å². The summed E-state index contributed by atoms with van der Waals surface area (Å²) in [4.78, 5) is 17.3. The number of sulfone groups is 1. The molecule has 2 aromatic rings. The lowest BCUT2D eigenvalue weighted by molar-refractivity contribution is -0.140. The van der Waals surface area contributed by atoms with E-state index < -0.39 is 15.9 Å². The Kier molecular flexibility index (Phi) is 7.32. The SMILES string of the molecule is CCc1ccc(OC(C)C(=O)N(Cc2ccc(N3CCCCC3)o2)C2CCS(=O)(=O)C2)cc1. The summed E-state index contributed by atoms with van der Waals surface area (Å²) in [6.45, 7) is 5.97. The maximum atomic E-state index is 13.4. The van der Waals surface area contributed by atoms with Crippen molar-refractivity contribution in [3.63, 3.8) is 0 Å². The van der Waals surface area contributed by atoms with Crippen LogP contribution in [0.5, 0.6) is 5.75 Å². The Morgan fingerprint density at radius 2 is 1.88 bits per heavy atom. The maximum absolute atomic E-state index is 13.4. The molecule has 4 rings (SSSR count). The fraction of sp³-hybridized carbons (Fsp3) is 0.560. The van der Waals surface area contributed by atoms with Gasteiger partial charge in [0, 0.05) is 25.2 Å². The van der Waals surface area contributed by atoms with E-state index in [-0.39, 0.29) is 30.0 Å². The number of hydrogen-bond donors (Lipinski definition) is 0. The summed E-state index contributed by atoms with van der Waals surface area (Å²) < 4.78 is 36.3. The molecule has 2 fully saturated rings. The molecule has 2 aliphatic rings. The number of nitrogens with zero attached hydrogens (tertiary/aromatic N) is 2. The number of furan rings is 1. The molecule has 0 radical (unpaired) electrons. The van der Waals surface area contributed by atoms with Crippen molar-refractivity contribution in [1.82, 2.24) is 4.90 Å². The Bertz CT molecular complexity index is 1040. The van der Waals surface area contributed by atoms with E-state index >= 15 is 0 Å². The summed E-state index contributed by atoms with van der Waals surface area (Å²) in [6.07, 6.45) is 4.16. The summed E-state index contributed by atoms with van der Waals surface area (Å²) in [6, 6.07) is 11.2. The second-order valence-electron chi connectivity index (χ2n) is 9.07. The average Bonchev–Trinajstić information content (AvgIpc) is 3.44. The van der Waals surface area contributed by atoms with Gasteiger partial charge in [-0.3, -0.25) is 4.79 Å². The summed E-state index contributed by atoms with van der Waals surface area (Å²) in [5.41, 5.74) is 1.20. The molecule has 3 heterocycles. The zero-order valence-electron chi connectivity index (χ0n) is 19.5. The lowest BCUT2D eigenvalue weighted by Crippen LogP contribution is -2.46. The lowest BCUT2D eigenvalue weighted by atomic mass is 10.1. The van der Waals surface area contributed by atoms with Crippen LogP contribution < -0.4 is 9.64 Å². The van der Waals surface area contributed by atoms with Crippen LogP contribution in [0.15, 0.2) is 40.8 Å². The summed E-state index contributed by atoms with van der Waals surface area (Å²) in [5, 5.41) is 0. The van der Waals surface area contributed by atoms with Gasteiger partial charge in [0.15, 0.2) is 21.8 Å². The van der Waals surface area contributed by atoms with Gasteiger partial charge in [-0.1, -0.05) is 19.1 Å². The monoisotopic (exact) mass is 474 g/mol. The van der Waals surface area contributed by atoms with Crippen LogP contribution in [0.4, 0.5) is 5.88 Å². The first-order chi connectivity index (χ1) is 15.8. The Labute approximate surface area is 196 Å². The van der Waals surface area contributed by atoms with E-state index in [1.165, 1.54) is 12.0 Å². The zero-order valence-corrected chi connectivity index (χ0v) is 20.4. The van der Waals surface area contributed by atoms with Gasteiger partial charge in [-0.05, 0) is 62.8 Å². The van der Waals surface area contributed by atoms with Crippen molar-refractivity contribution < 1.29 is 22.4 Å². The minimum absolute atomic E-state index is 0.0175. The summed E-state index contributed by atoms with van der Waals surface area (Å²) in [5.74, 6) is 1.96. The average molecular weight is 475 g/mol. The fourth-order valence-corrected chi connectivity index (χ4v) is 6.33. The van der Waals surface area contributed by atoms with Crippen molar-refractivity contribution in [2.75, 3.05) is 29.5 Å². The first-order valence-electron chi connectivity index (χ1n) is 11.9. The van der Waals surface area contributed by atoms with E-state index in [1.54, 1.807) is 11.8 Å². The minimum atomic E-state index is -3.14. The van der Waals surface area contributed by atoms with E-state index in [2.05, 4.69) is 11.8 Å². The van der Waals surface area contributed by atoms with Crippen molar-refractivity contribution in [2.24, 2.45) is 0 Å². The molecule has 33 heavy (non-hydrogen) atoms. The molecule has 2 saturated heterocycles. The molecule has 1 aromatic carbocycles. The smallest absolute Gasteiger partial charge is 0.264 e. The predicted octanol–water partition coefficient (Wildman–Crippen LogP) is 3.82. The highest BCUT2D eigenvalue weighted by Crippen LogP contribution is 2.26. The van der Waals surface area contributed by atoms with Gasteiger partial charge in [0.1, 0.15) is 11.5 Å². The van der Waals surface area contributed by atoms with Crippen LogP contribution >= 0.6 is 0 Å². The molecule has 2 unspecified atom stereocenters. The lowest BCUT2D eigenvalue weighted by Gasteiger charge is -2.30. The van der Waals surface area contributed by atoms with Gasteiger partial charge in [-0.25, -0.2) is 8.42 Å². The Morgan fingerprint density at radius 1 is 1.15 bits per heavy atom. The first-order valence-corrected chi connectivity index (χ1v) is 13.8. The first kappa shape index (κ1) is 23.7. The van der Waals surface area contributed by atoms with E-state index in [9.17, 15) is 13.2 Å². The topological polar surface area (TPSA) is 80.1 Å². The molecular formula is C25H34N2O5S. The third kappa shape index (κ3) is 5.91. The molecule has 2 aliphatic heterocycles. The van der Waals surface area contributed by atoms with Crippen molar-refractivity contribution in [3.8, 4) is 5.75 Å². The normalized spacial score (nSPS) is 21.0. The molecule has 1 aromatic heterocycles. The van der Waals surface area contributed by atoms with Crippen LogP contribution in [-0.4, -0.2) is 56.0 Å². The third-order valence-electron chi connectivity index (χ3n) is 6.57. The minimum Gasteiger partial charge on any atom is -0.481 e. The fourth-order valence-electron chi connectivity index (χ4n) is 4.60. The Balaban J connectivity index is 1.49. The largest absolute Gasteiger partial charge is 0.481 e. The number of hydrogen-bond acceptors (Lipinski definition) is 6. The predicted molar refractivity (Wildman–Crippen MR) is 128 cm³/mol. The van der Waals surface area contributed by atoms with Gasteiger partial charge in [0.05, 0.1) is 18.1 Å². The molecule has 0 saturated carbocycles. The number of piperidine rings is 1. The van der Waals surface area contributed by atoms with Crippen LogP contribution in [0.2, 0.25) is 0 Å². The van der Waals surface area contributed by atoms with Crippen molar-refractivity contribution in [3.05, 3.63) is 47.7 Å². The van der Waals surface area contributed by atoms with Crippen molar-refractivity contribution in [1.29, 1.82) is 0 Å². The van der Waals surface area contributed by atoms with Crippen LogP contribution in [-0.2, 0) is 27.6 Å². The molecular weight excluding hydrogens is 440 g/mol. The van der Waals surface area contributed by atoms with Crippen molar-refractivity contribution >= 4 is 21.6 Å². The number of anilines is 1. The Hall–Kier alpha value is -2.48. The Morgan fingerprint density at radius 3 is 2.52 bits per heavy atom. The standard InChI is InChI=1S/C25H34N2O5S/c1-3-20-7-9-22(10-8-20)31-19(2)25(28)27(21-13-16-33(29,30)18-21)17-23-11-12-24(32-23)26-14-5-4-6-15-26/h7-12,19,21H,3-6,13-18H2,1-2H3. The quantitative estimate of drug-likeness (QED) is 0.579. The van der Waals surface area contributed by atoms with E-state index in [0.717, 1.165) is 38.2 Å².